The predicted octanol–water partition coefficient (Wildman–Crippen LogP) is 3.85. The molecule has 25 heavy (non-hydrogen) atoms. The van der Waals surface area contributed by atoms with Crippen LogP contribution in [0.1, 0.15) is 21.5 Å². The molecule has 0 radical (unpaired) electrons. The van der Waals surface area contributed by atoms with Crippen LogP contribution in [0.3, 0.4) is 0 Å². The molecule has 0 bridgehead atoms. The second kappa shape index (κ2) is 6.73. The highest BCUT2D eigenvalue weighted by atomic mass is 16.7. The summed E-state index contributed by atoms with van der Waals surface area (Å²) in [5.74, 6) is 1.38. The Hall–Kier alpha value is -3.21. The van der Waals surface area contributed by atoms with E-state index in [9.17, 15) is 4.79 Å². The Kier molecular flexibility index (Phi) is 4.12. The third-order valence-electron chi connectivity index (χ3n) is 4.08. The van der Waals surface area contributed by atoms with Crippen molar-refractivity contribution < 1.29 is 18.7 Å². The van der Waals surface area contributed by atoms with Crippen molar-refractivity contribution in [3.05, 3.63) is 83.8 Å². The topological polar surface area (TPSA) is 51.9 Å². The fourth-order valence-corrected chi connectivity index (χ4v) is 2.83. The summed E-state index contributed by atoms with van der Waals surface area (Å²) in [4.78, 5) is 14.6. The first-order valence-corrected chi connectivity index (χ1v) is 8.03. The molecule has 2 aromatic carbocycles. The Bertz CT molecular complexity index is 859. The van der Waals surface area contributed by atoms with E-state index < -0.39 is 0 Å². The molecule has 0 aliphatic carbocycles. The number of carbonyl (C=O) groups excluding carboxylic acids is 1. The number of hydrogen-bond acceptors (Lipinski definition) is 4. The molecule has 5 nitrogen and oxygen atoms in total. The number of fused-ring (bicyclic) bond motifs is 1. The lowest BCUT2D eigenvalue weighted by atomic mass is 10.1. The number of benzene rings is 2. The summed E-state index contributed by atoms with van der Waals surface area (Å²) in [5, 5.41) is 0. The van der Waals surface area contributed by atoms with E-state index in [0.717, 1.165) is 16.9 Å². The van der Waals surface area contributed by atoms with Crippen molar-refractivity contribution in [2.75, 3.05) is 6.79 Å². The maximum atomic E-state index is 12.9. The zero-order valence-electron chi connectivity index (χ0n) is 13.6. The van der Waals surface area contributed by atoms with Gasteiger partial charge >= 0.3 is 0 Å². The van der Waals surface area contributed by atoms with Crippen molar-refractivity contribution in [3.8, 4) is 11.5 Å². The van der Waals surface area contributed by atoms with Crippen LogP contribution < -0.4 is 9.47 Å². The Morgan fingerprint density at radius 3 is 2.52 bits per heavy atom. The van der Waals surface area contributed by atoms with Crippen LogP contribution in [0.2, 0.25) is 0 Å². The van der Waals surface area contributed by atoms with E-state index in [0.29, 0.717) is 24.4 Å². The molecule has 3 aromatic rings. The van der Waals surface area contributed by atoms with Crippen LogP contribution in [-0.2, 0) is 13.1 Å². The largest absolute Gasteiger partial charge is 0.472 e. The second-order valence-electron chi connectivity index (χ2n) is 5.85. The summed E-state index contributed by atoms with van der Waals surface area (Å²) in [6, 6.07) is 17.3. The van der Waals surface area contributed by atoms with Gasteiger partial charge in [0, 0.05) is 13.1 Å². The third kappa shape index (κ3) is 3.35. The van der Waals surface area contributed by atoms with Crippen LogP contribution >= 0.6 is 0 Å². The van der Waals surface area contributed by atoms with Crippen molar-refractivity contribution >= 4 is 5.91 Å². The van der Waals surface area contributed by atoms with Crippen molar-refractivity contribution in [2.24, 2.45) is 0 Å². The zero-order chi connectivity index (χ0) is 17.1. The summed E-state index contributed by atoms with van der Waals surface area (Å²) in [7, 11) is 0. The average molecular weight is 335 g/mol. The lowest BCUT2D eigenvalue weighted by Crippen LogP contribution is -2.29. The van der Waals surface area contributed by atoms with Crippen LogP contribution in [0.4, 0.5) is 0 Å². The standard InChI is InChI=1S/C20H17NO4/c22-20(17-8-9-23-13-17)21(11-15-4-2-1-3-5-15)12-16-6-7-18-19(10-16)25-14-24-18/h1-10,13H,11-12,14H2. The van der Waals surface area contributed by atoms with Gasteiger partial charge in [-0.05, 0) is 29.3 Å². The van der Waals surface area contributed by atoms with Crippen LogP contribution in [0, 0.1) is 0 Å². The predicted molar refractivity (Wildman–Crippen MR) is 91.3 cm³/mol. The van der Waals surface area contributed by atoms with Crippen LogP contribution in [-0.4, -0.2) is 17.6 Å². The van der Waals surface area contributed by atoms with Crippen molar-refractivity contribution in [1.29, 1.82) is 0 Å². The molecule has 0 unspecified atom stereocenters. The summed E-state index contributed by atoms with van der Waals surface area (Å²) < 4.78 is 15.8. The number of ether oxygens (including phenoxy) is 2. The van der Waals surface area contributed by atoms with Gasteiger partial charge in [-0.1, -0.05) is 36.4 Å². The van der Waals surface area contributed by atoms with Gasteiger partial charge in [-0.2, -0.15) is 0 Å². The minimum absolute atomic E-state index is 0.0738. The van der Waals surface area contributed by atoms with Crippen molar-refractivity contribution in [2.45, 2.75) is 13.1 Å². The number of amides is 1. The van der Waals surface area contributed by atoms with Crippen molar-refractivity contribution in [3.63, 3.8) is 0 Å². The molecule has 1 amide bonds. The highest BCUT2D eigenvalue weighted by molar-refractivity contribution is 5.93. The van der Waals surface area contributed by atoms with Gasteiger partial charge in [0.15, 0.2) is 11.5 Å². The van der Waals surface area contributed by atoms with Gasteiger partial charge in [-0.15, -0.1) is 0 Å². The van der Waals surface area contributed by atoms with E-state index in [1.807, 2.05) is 48.5 Å². The second-order valence-corrected chi connectivity index (χ2v) is 5.85. The smallest absolute Gasteiger partial charge is 0.257 e. The Balaban J connectivity index is 1.59. The molecule has 4 rings (SSSR count). The van der Waals surface area contributed by atoms with Crippen molar-refractivity contribution in [1.82, 2.24) is 4.90 Å². The molecular formula is C20H17NO4. The van der Waals surface area contributed by atoms with Gasteiger partial charge in [0.2, 0.25) is 6.79 Å². The molecule has 0 N–H and O–H groups in total. The summed E-state index contributed by atoms with van der Waals surface area (Å²) in [5.41, 5.74) is 2.59. The SMILES string of the molecule is O=C(c1ccoc1)N(Cc1ccccc1)Cc1ccc2c(c1)OCO2. The molecule has 126 valence electrons. The maximum absolute atomic E-state index is 12.9. The number of carbonyl (C=O) groups is 1. The summed E-state index contributed by atoms with van der Waals surface area (Å²) in [6.45, 7) is 1.22. The fourth-order valence-electron chi connectivity index (χ4n) is 2.83. The van der Waals surface area contributed by atoms with Gasteiger partial charge in [-0.25, -0.2) is 0 Å². The Morgan fingerprint density at radius 1 is 0.920 bits per heavy atom. The number of furan rings is 1. The van der Waals surface area contributed by atoms with E-state index in [4.69, 9.17) is 13.9 Å². The Labute approximate surface area is 145 Å². The number of nitrogens with zero attached hydrogens (tertiary/aromatic N) is 1. The molecule has 1 aliphatic rings. The van der Waals surface area contributed by atoms with Gasteiger partial charge in [-0.3, -0.25) is 4.79 Å². The van der Waals surface area contributed by atoms with Crippen LogP contribution in [0.5, 0.6) is 11.5 Å². The number of rotatable bonds is 5. The monoisotopic (exact) mass is 335 g/mol. The average Bonchev–Trinajstić information content (AvgIpc) is 3.33. The van der Waals surface area contributed by atoms with Gasteiger partial charge in [0.25, 0.3) is 5.91 Å². The third-order valence-corrected chi connectivity index (χ3v) is 4.08. The van der Waals surface area contributed by atoms with E-state index >= 15 is 0 Å². The lowest BCUT2D eigenvalue weighted by molar-refractivity contribution is 0.0729. The van der Waals surface area contributed by atoms with E-state index in [-0.39, 0.29) is 12.7 Å². The van der Waals surface area contributed by atoms with E-state index in [1.165, 1.54) is 12.5 Å². The molecule has 1 aliphatic heterocycles. The zero-order valence-corrected chi connectivity index (χ0v) is 13.6. The first kappa shape index (κ1) is 15.3. The molecule has 0 saturated heterocycles. The minimum atomic E-state index is -0.0738. The van der Waals surface area contributed by atoms with Crippen LogP contribution in [0.25, 0.3) is 0 Å². The number of hydrogen-bond donors (Lipinski definition) is 0. The van der Waals surface area contributed by atoms with Crippen LogP contribution in [0.15, 0.2) is 71.5 Å². The molecule has 0 spiro atoms. The Morgan fingerprint density at radius 2 is 1.72 bits per heavy atom. The summed E-state index contributed by atoms with van der Waals surface area (Å²) >= 11 is 0. The first-order valence-electron chi connectivity index (χ1n) is 8.03. The quantitative estimate of drug-likeness (QED) is 0.711. The van der Waals surface area contributed by atoms with Gasteiger partial charge in [0.1, 0.15) is 6.26 Å². The fraction of sp³-hybridized carbons (Fsp3) is 0.150. The molecule has 2 heterocycles. The molecule has 0 fully saturated rings. The highest BCUT2D eigenvalue weighted by Crippen LogP contribution is 2.33. The maximum Gasteiger partial charge on any atom is 0.257 e. The normalized spacial score (nSPS) is 12.2. The summed E-state index contributed by atoms with van der Waals surface area (Å²) in [6.07, 6.45) is 2.98. The van der Waals surface area contributed by atoms with E-state index in [2.05, 4.69) is 0 Å². The van der Waals surface area contributed by atoms with Gasteiger partial charge in [0.05, 0.1) is 11.8 Å². The van der Waals surface area contributed by atoms with E-state index in [1.54, 1.807) is 11.0 Å². The first-order chi connectivity index (χ1) is 12.3. The minimum Gasteiger partial charge on any atom is -0.472 e. The molecular weight excluding hydrogens is 318 g/mol. The van der Waals surface area contributed by atoms with Gasteiger partial charge < -0.3 is 18.8 Å². The lowest BCUT2D eigenvalue weighted by Gasteiger charge is -2.22. The molecule has 0 saturated carbocycles. The molecule has 5 heteroatoms. The highest BCUT2D eigenvalue weighted by Gasteiger charge is 2.20. The molecule has 0 atom stereocenters. The molecule has 1 aromatic heterocycles.